The molecule has 0 unspecified atom stereocenters. The Morgan fingerprint density at radius 1 is 0.697 bits per heavy atom. The molecule has 0 fully saturated rings. The standard InChI is InChI=1S/C22H44O2.C3H5NO.C2H4O2/c1-2-3-4-5-6-7-8-9-10-11-12-13-14-15-16-17-18-19-20-21-22(23)24;1-2-5-3-4-1;1-2(3)4/h2-21H2,1H3,(H,23,24);3H,1-2H2;1H3,(H,3,4). The monoisotopic (exact) mass is 471 g/mol. The molecule has 0 saturated carbocycles. The fourth-order valence-electron chi connectivity index (χ4n) is 3.62. The molecule has 6 heteroatoms. The first-order valence-corrected chi connectivity index (χ1v) is 13.5. The highest BCUT2D eigenvalue weighted by molar-refractivity contribution is 5.66. The maximum atomic E-state index is 10.4. The van der Waals surface area contributed by atoms with E-state index in [1.165, 1.54) is 116 Å². The molecule has 1 rings (SSSR count). The fraction of sp³-hybridized carbons (Fsp3) is 0.889. The van der Waals surface area contributed by atoms with E-state index in [-0.39, 0.29) is 0 Å². The predicted octanol–water partition coefficient (Wildman–Crippen LogP) is 8.03. The van der Waals surface area contributed by atoms with Gasteiger partial charge in [-0.3, -0.25) is 14.6 Å². The molecule has 0 radical (unpaired) electrons. The number of carbonyl (C=O) groups is 2. The maximum absolute atomic E-state index is 10.4. The second kappa shape index (κ2) is 30.4. The third kappa shape index (κ3) is 41.2. The molecule has 1 aliphatic rings. The van der Waals surface area contributed by atoms with Crippen molar-refractivity contribution < 1.29 is 24.5 Å². The van der Waals surface area contributed by atoms with Crippen molar-refractivity contribution >= 4 is 18.3 Å². The highest BCUT2D eigenvalue weighted by Gasteiger charge is 1.97. The van der Waals surface area contributed by atoms with Crippen LogP contribution in [0.1, 0.15) is 142 Å². The smallest absolute Gasteiger partial charge is 0.303 e. The molecule has 0 aromatic rings. The van der Waals surface area contributed by atoms with Crippen LogP contribution in [0, 0.1) is 0 Å². The molecule has 196 valence electrons. The van der Waals surface area contributed by atoms with E-state index in [2.05, 4.69) is 16.7 Å². The molecule has 0 spiro atoms. The Morgan fingerprint density at radius 3 is 1.24 bits per heavy atom. The highest BCUT2D eigenvalue weighted by atomic mass is 16.5. The number of rotatable bonds is 20. The zero-order valence-electron chi connectivity index (χ0n) is 21.7. The summed E-state index contributed by atoms with van der Waals surface area (Å²) in [5, 5.41) is 16.0. The van der Waals surface area contributed by atoms with Crippen molar-refractivity contribution in [2.75, 3.05) is 13.2 Å². The van der Waals surface area contributed by atoms with Crippen LogP contribution in [0.3, 0.4) is 0 Å². The third-order valence-electron chi connectivity index (χ3n) is 5.48. The first-order valence-electron chi connectivity index (χ1n) is 13.5. The molecule has 1 aliphatic heterocycles. The van der Waals surface area contributed by atoms with Gasteiger partial charge in [-0.1, -0.05) is 122 Å². The number of nitrogens with zero attached hydrogens (tertiary/aromatic N) is 1. The van der Waals surface area contributed by atoms with Gasteiger partial charge in [0.25, 0.3) is 5.97 Å². The van der Waals surface area contributed by atoms with Crippen molar-refractivity contribution in [1.82, 2.24) is 0 Å². The summed E-state index contributed by atoms with van der Waals surface area (Å²) < 4.78 is 4.65. The summed E-state index contributed by atoms with van der Waals surface area (Å²) >= 11 is 0. The van der Waals surface area contributed by atoms with E-state index in [4.69, 9.17) is 15.0 Å². The van der Waals surface area contributed by atoms with Crippen LogP contribution in [0.2, 0.25) is 0 Å². The van der Waals surface area contributed by atoms with Gasteiger partial charge in [0.05, 0.1) is 6.54 Å². The second-order valence-electron chi connectivity index (χ2n) is 8.91. The lowest BCUT2D eigenvalue weighted by Gasteiger charge is -2.03. The average Bonchev–Trinajstić information content (AvgIpc) is 3.35. The van der Waals surface area contributed by atoms with Crippen molar-refractivity contribution in [3.8, 4) is 0 Å². The predicted molar refractivity (Wildman–Crippen MR) is 138 cm³/mol. The molecular weight excluding hydrogens is 418 g/mol. The Kier molecular flexibility index (Phi) is 30.9. The summed E-state index contributed by atoms with van der Waals surface area (Å²) in [6.07, 6.45) is 27.6. The van der Waals surface area contributed by atoms with Gasteiger partial charge in [-0.25, -0.2) is 0 Å². The van der Waals surface area contributed by atoms with Crippen LogP contribution in [0.4, 0.5) is 0 Å². The Morgan fingerprint density at radius 2 is 1.03 bits per heavy atom. The number of carboxylic acids is 2. The van der Waals surface area contributed by atoms with E-state index >= 15 is 0 Å². The first kappa shape index (κ1) is 33.6. The number of carboxylic acid groups (broad SMARTS) is 2. The normalized spacial score (nSPS) is 11.7. The number of unbranched alkanes of at least 4 members (excludes halogenated alkanes) is 18. The quantitative estimate of drug-likeness (QED) is 0.175. The molecule has 0 aromatic heterocycles. The minimum atomic E-state index is -0.833. The molecule has 0 aromatic carbocycles. The van der Waals surface area contributed by atoms with Crippen molar-refractivity contribution in [3.63, 3.8) is 0 Å². The van der Waals surface area contributed by atoms with E-state index < -0.39 is 11.9 Å². The minimum Gasteiger partial charge on any atom is -0.482 e. The maximum Gasteiger partial charge on any atom is 0.303 e. The Bertz CT molecular complexity index is 430. The topological polar surface area (TPSA) is 96.2 Å². The first-order chi connectivity index (χ1) is 16.0. The summed E-state index contributed by atoms with van der Waals surface area (Å²) in [6.45, 7) is 4.99. The Hall–Kier alpha value is -1.59. The van der Waals surface area contributed by atoms with E-state index in [1.807, 2.05) is 0 Å². The van der Waals surface area contributed by atoms with Crippen LogP contribution in [0.25, 0.3) is 0 Å². The third-order valence-corrected chi connectivity index (χ3v) is 5.48. The number of aliphatic carboxylic acids is 2. The lowest BCUT2D eigenvalue weighted by Crippen LogP contribution is -1.93. The lowest BCUT2D eigenvalue weighted by molar-refractivity contribution is -0.137. The number of hydrogen-bond donors (Lipinski definition) is 2. The largest absolute Gasteiger partial charge is 0.482 e. The fourth-order valence-corrected chi connectivity index (χ4v) is 3.62. The van der Waals surface area contributed by atoms with Crippen LogP contribution >= 0.6 is 0 Å². The Labute approximate surface area is 203 Å². The molecule has 1 heterocycles. The molecule has 0 aliphatic carbocycles. The highest BCUT2D eigenvalue weighted by Crippen LogP contribution is 2.14. The lowest BCUT2D eigenvalue weighted by atomic mass is 10.0. The SMILES string of the molecule is C1=NCCO1.CC(=O)O.CCCCCCCCCCCCCCCCCCCCCC(=O)O. The van der Waals surface area contributed by atoms with Crippen LogP contribution < -0.4 is 0 Å². The van der Waals surface area contributed by atoms with Crippen molar-refractivity contribution in [2.24, 2.45) is 4.99 Å². The van der Waals surface area contributed by atoms with Gasteiger partial charge >= 0.3 is 5.97 Å². The van der Waals surface area contributed by atoms with Gasteiger partial charge in [-0.15, -0.1) is 0 Å². The summed E-state index contributed by atoms with van der Waals surface area (Å²) in [4.78, 5) is 23.1. The number of ether oxygens (including phenoxy) is 1. The number of aliphatic imine (C=N–C) groups is 1. The van der Waals surface area contributed by atoms with E-state index in [9.17, 15) is 4.79 Å². The van der Waals surface area contributed by atoms with E-state index in [0.29, 0.717) is 6.42 Å². The van der Waals surface area contributed by atoms with Gasteiger partial charge < -0.3 is 14.9 Å². The van der Waals surface area contributed by atoms with E-state index in [1.54, 1.807) is 0 Å². The average molecular weight is 472 g/mol. The van der Waals surface area contributed by atoms with Gasteiger partial charge in [-0.05, 0) is 6.42 Å². The number of hydrogen-bond acceptors (Lipinski definition) is 4. The molecule has 33 heavy (non-hydrogen) atoms. The minimum absolute atomic E-state index is 0.346. The van der Waals surface area contributed by atoms with Crippen LogP contribution in [-0.2, 0) is 14.3 Å². The zero-order valence-corrected chi connectivity index (χ0v) is 21.7. The molecule has 2 N–H and O–H groups in total. The van der Waals surface area contributed by atoms with Crippen molar-refractivity contribution in [3.05, 3.63) is 0 Å². The molecule has 6 nitrogen and oxygen atoms in total. The zero-order chi connectivity index (χ0) is 24.8. The molecule has 0 atom stereocenters. The van der Waals surface area contributed by atoms with Gasteiger partial charge in [0.2, 0.25) is 0 Å². The van der Waals surface area contributed by atoms with E-state index in [0.717, 1.165) is 32.9 Å². The molecule has 0 saturated heterocycles. The molecule has 0 amide bonds. The van der Waals surface area contributed by atoms with Crippen LogP contribution in [0.5, 0.6) is 0 Å². The summed E-state index contributed by atoms with van der Waals surface area (Å²) in [5.74, 6) is -1.48. The van der Waals surface area contributed by atoms with Crippen molar-refractivity contribution in [2.45, 2.75) is 142 Å². The summed E-state index contributed by atoms with van der Waals surface area (Å²) in [5.41, 5.74) is 0. The van der Waals surface area contributed by atoms with Crippen molar-refractivity contribution in [1.29, 1.82) is 0 Å². The van der Waals surface area contributed by atoms with Gasteiger partial charge in [0.15, 0.2) is 6.40 Å². The molecular formula is C27H53NO5. The molecule has 0 bridgehead atoms. The second-order valence-corrected chi connectivity index (χ2v) is 8.91. The summed E-state index contributed by atoms with van der Waals surface area (Å²) in [6, 6.07) is 0. The van der Waals surface area contributed by atoms with Crippen LogP contribution in [0.15, 0.2) is 4.99 Å². The Balaban J connectivity index is 0. The summed E-state index contributed by atoms with van der Waals surface area (Å²) in [7, 11) is 0. The van der Waals surface area contributed by atoms with Gasteiger partial charge in [-0.2, -0.15) is 0 Å². The van der Waals surface area contributed by atoms with Gasteiger partial charge in [0.1, 0.15) is 6.61 Å². The van der Waals surface area contributed by atoms with Crippen LogP contribution in [-0.4, -0.2) is 41.7 Å². The van der Waals surface area contributed by atoms with Gasteiger partial charge in [0, 0.05) is 13.3 Å².